The minimum atomic E-state index is 0.622. The van der Waals surface area contributed by atoms with Crippen molar-refractivity contribution in [2.75, 3.05) is 0 Å². The van der Waals surface area contributed by atoms with Gasteiger partial charge in [0.1, 0.15) is 0 Å². The van der Waals surface area contributed by atoms with Crippen molar-refractivity contribution in [2.45, 2.75) is 26.2 Å². The van der Waals surface area contributed by atoms with Gasteiger partial charge in [0, 0.05) is 0 Å². The van der Waals surface area contributed by atoms with E-state index in [-0.39, 0.29) is 0 Å². The quantitative estimate of drug-likeness (QED) is 0.381. The van der Waals surface area contributed by atoms with E-state index in [4.69, 9.17) is 0 Å². The Hall–Kier alpha value is -2.08. The summed E-state index contributed by atoms with van der Waals surface area (Å²) >= 11 is 0. The van der Waals surface area contributed by atoms with Crippen LogP contribution in [0.5, 0.6) is 0 Å². The summed E-state index contributed by atoms with van der Waals surface area (Å²) in [7, 11) is 0. The summed E-state index contributed by atoms with van der Waals surface area (Å²) in [6, 6.07) is 20.4. The molecule has 0 saturated heterocycles. The van der Waals surface area contributed by atoms with Gasteiger partial charge < -0.3 is 0 Å². The molecule has 4 aromatic rings. The minimum Gasteiger partial charge on any atom is -0.0648 e. The molecule has 1 unspecified atom stereocenters. The van der Waals surface area contributed by atoms with E-state index in [0.29, 0.717) is 5.92 Å². The average Bonchev–Trinajstić information content (AvgIpc) is 2.51. The molecule has 0 aromatic heterocycles. The lowest BCUT2D eigenvalue weighted by Crippen LogP contribution is -1.92. The lowest BCUT2D eigenvalue weighted by molar-refractivity contribution is 0.735. The molecular formula is C20H18. The first-order valence-electron chi connectivity index (χ1n) is 7.45. The van der Waals surface area contributed by atoms with Gasteiger partial charge >= 0.3 is 0 Å². The van der Waals surface area contributed by atoms with Crippen LogP contribution in [-0.4, -0.2) is 0 Å². The van der Waals surface area contributed by atoms with E-state index in [2.05, 4.69) is 68.4 Å². The lowest BCUT2D eigenvalue weighted by Gasteiger charge is -2.15. The van der Waals surface area contributed by atoms with Crippen LogP contribution in [0, 0.1) is 0 Å². The zero-order valence-corrected chi connectivity index (χ0v) is 12.0. The largest absolute Gasteiger partial charge is 0.0648 e. The van der Waals surface area contributed by atoms with Gasteiger partial charge in [-0.3, -0.25) is 0 Å². The molecule has 0 aliphatic rings. The van der Waals surface area contributed by atoms with Crippen molar-refractivity contribution in [2.24, 2.45) is 0 Å². The minimum absolute atomic E-state index is 0.622. The summed E-state index contributed by atoms with van der Waals surface area (Å²) in [6.07, 6.45) is 1.19. The third-order valence-electron chi connectivity index (χ3n) is 4.67. The zero-order valence-electron chi connectivity index (χ0n) is 12.0. The van der Waals surface area contributed by atoms with Crippen LogP contribution in [-0.2, 0) is 0 Å². The molecule has 0 nitrogen and oxygen atoms in total. The second kappa shape index (κ2) is 4.21. The number of benzene rings is 4. The van der Waals surface area contributed by atoms with E-state index >= 15 is 0 Å². The average molecular weight is 258 g/mol. The Bertz CT molecular complexity index is 838. The third kappa shape index (κ3) is 1.54. The molecule has 0 spiro atoms. The first-order chi connectivity index (χ1) is 9.78. The number of hydrogen-bond donors (Lipinski definition) is 0. The third-order valence-corrected chi connectivity index (χ3v) is 4.67. The molecule has 0 heteroatoms. The fourth-order valence-corrected chi connectivity index (χ4v) is 3.30. The van der Waals surface area contributed by atoms with Crippen molar-refractivity contribution in [1.29, 1.82) is 0 Å². The van der Waals surface area contributed by atoms with Crippen LogP contribution < -0.4 is 0 Å². The van der Waals surface area contributed by atoms with Crippen molar-refractivity contribution in [3.05, 3.63) is 60.2 Å². The van der Waals surface area contributed by atoms with Crippen LogP contribution in [0.1, 0.15) is 31.7 Å². The van der Waals surface area contributed by atoms with E-state index in [1.165, 1.54) is 44.3 Å². The first kappa shape index (κ1) is 11.7. The normalized spacial score (nSPS) is 13.5. The molecule has 0 fully saturated rings. The molecule has 0 aliphatic heterocycles. The maximum Gasteiger partial charge on any atom is -0.00266 e. The Balaban J connectivity index is 2.19. The van der Waals surface area contributed by atoms with Gasteiger partial charge in [0.25, 0.3) is 0 Å². The van der Waals surface area contributed by atoms with Crippen LogP contribution in [0.25, 0.3) is 32.3 Å². The molecule has 0 amide bonds. The molecule has 0 heterocycles. The smallest absolute Gasteiger partial charge is 0.00266 e. The van der Waals surface area contributed by atoms with Crippen LogP contribution in [0.4, 0.5) is 0 Å². The fourth-order valence-electron chi connectivity index (χ4n) is 3.30. The maximum absolute atomic E-state index is 2.38. The van der Waals surface area contributed by atoms with Crippen molar-refractivity contribution in [3.63, 3.8) is 0 Å². The van der Waals surface area contributed by atoms with E-state index in [1.807, 2.05) is 0 Å². The van der Waals surface area contributed by atoms with Crippen molar-refractivity contribution in [3.8, 4) is 0 Å². The van der Waals surface area contributed by atoms with E-state index in [9.17, 15) is 0 Å². The molecule has 0 saturated carbocycles. The van der Waals surface area contributed by atoms with E-state index in [1.54, 1.807) is 0 Å². The Morgan fingerprint density at radius 3 is 1.80 bits per heavy atom. The van der Waals surface area contributed by atoms with Crippen molar-refractivity contribution < 1.29 is 0 Å². The SMILES string of the molecule is CCC(C)c1cc2ccc3cccc4ccc(c1)c2c34. The summed E-state index contributed by atoms with van der Waals surface area (Å²) in [4.78, 5) is 0. The Morgan fingerprint density at radius 2 is 1.25 bits per heavy atom. The predicted molar refractivity (Wildman–Crippen MR) is 88.9 cm³/mol. The van der Waals surface area contributed by atoms with E-state index in [0.717, 1.165) is 0 Å². The van der Waals surface area contributed by atoms with Gasteiger partial charge in [-0.05, 0) is 50.2 Å². The Labute approximate surface area is 119 Å². The van der Waals surface area contributed by atoms with Crippen LogP contribution in [0.2, 0.25) is 0 Å². The summed E-state index contributed by atoms with van der Waals surface area (Å²) in [5.74, 6) is 0.622. The number of rotatable bonds is 2. The van der Waals surface area contributed by atoms with Gasteiger partial charge in [-0.2, -0.15) is 0 Å². The monoisotopic (exact) mass is 258 g/mol. The van der Waals surface area contributed by atoms with Crippen molar-refractivity contribution in [1.82, 2.24) is 0 Å². The lowest BCUT2D eigenvalue weighted by atomic mass is 9.89. The van der Waals surface area contributed by atoms with Gasteiger partial charge in [0.05, 0.1) is 0 Å². The van der Waals surface area contributed by atoms with Gasteiger partial charge in [-0.25, -0.2) is 0 Å². The molecule has 98 valence electrons. The standard InChI is InChI=1S/C20H18/c1-3-13(2)18-11-16-9-7-14-5-4-6-15-8-10-17(12-18)20(16)19(14)15/h4-13H,3H2,1-2H3. The Kier molecular flexibility index (Phi) is 2.47. The molecule has 4 rings (SSSR count). The summed E-state index contributed by atoms with van der Waals surface area (Å²) in [5, 5.41) is 8.28. The summed E-state index contributed by atoms with van der Waals surface area (Å²) < 4.78 is 0. The summed E-state index contributed by atoms with van der Waals surface area (Å²) in [6.45, 7) is 4.57. The topological polar surface area (TPSA) is 0 Å². The molecule has 0 aliphatic carbocycles. The maximum atomic E-state index is 2.38. The first-order valence-corrected chi connectivity index (χ1v) is 7.45. The number of hydrogen-bond acceptors (Lipinski definition) is 0. The molecule has 1 atom stereocenters. The zero-order chi connectivity index (χ0) is 13.7. The molecule has 4 aromatic carbocycles. The van der Waals surface area contributed by atoms with Crippen molar-refractivity contribution >= 4 is 32.3 Å². The van der Waals surface area contributed by atoms with Gasteiger partial charge in [-0.1, -0.05) is 68.4 Å². The van der Waals surface area contributed by atoms with Crippen LogP contribution >= 0.6 is 0 Å². The highest BCUT2D eigenvalue weighted by Crippen LogP contribution is 2.36. The van der Waals surface area contributed by atoms with Gasteiger partial charge in [-0.15, -0.1) is 0 Å². The van der Waals surface area contributed by atoms with E-state index < -0.39 is 0 Å². The van der Waals surface area contributed by atoms with Crippen LogP contribution in [0.15, 0.2) is 54.6 Å². The second-order valence-corrected chi connectivity index (χ2v) is 5.86. The summed E-state index contributed by atoms with van der Waals surface area (Å²) in [5.41, 5.74) is 1.46. The highest BCUT2D eigenvalue weighted by atomic mass is 14.1. The molecular weight excluding hydrogens is 240 g/mol. The fraction of sp³-hybridized carbons (Fsp3) is 0.200. The highest BCUT2D eigenvalue weighted by Gasteiger charge is 2.10. The molecule has 0 radical (unpaired) electrons. The molecule has 0 bridgehead atoms. The highest BCUT2D eigenvalue weighted by molar-refractivity contribution is 6.23. The molecule has 20 heavy (non-hydrogen) atoms. The van der Waals surface area contributed by atoms with Crippen LogP contribution in [0.3, 0.4) is 0 Å². The van der Waals surface area contributed by atoms with Gasteiger partial charge in [0.15, 0.2) is 0 Å². The second-order valence-electron chi connectivity index (χ2n) is 5.86. The Morgan fingerprint density at radius 1 is 0.750 bits per heavy atom. The molecule has 0 N–H and O–H groups in total. The predicted octanol–water partition coefficient (Wildman–Crippen LogP) is 6.10. The van der Waals surface area contributed by atoms with Gasteiger partial charge in [0.2, 0.25) is 0 Å².